The number of aryl methyl sites for hydroxylation is 1. The second-order valence-corrected chi connectivity index (χ2v) is 7.89. The summed E-state index contributed by atoms with van der Waals surface area (Å²) in [5.41, 5.74) is 2.00. The number of nitrogens with zero attached hydrogens (tertiary/aromatic N) is 4. The Bertz CT molecular complexity index is 960. The number of pyridine rings is 2. The van der Waals surface area contributed by atoms with E-state index in [1.165, 1.54) is 0 Å². The molecule has 29 heavy (non-hydrogen) atoms. The van der Waals surface area contributed by atoms with Crippen molar-refractivity contribution in [3.63, 3.8) is 0 Å². The van der Waals surface area contributed by atoms with Gasteiger partial charge in [0.1, 0.15) is 11.6 Å². The number of unbranched alkanes of at least 4 members (excludes halogenated alkanes) is 2. The van der Waals surface area contributed by atoms with Gasteiger partial charge in [0.2, 0.25) is 0 Å². The molecule has 0 bridgehead atoms. The summed E-state index contributed by atoms with van der Waals surface area (Å²) in [5, 5.41) is 12.9. The topological polar surface area (TPSA) is 91.2 Å². The monoisotopic (exact) mass is 411 g/mol. The molecule has 0 atom stereocenters. The number of carboxylic acids is 1. The minimum atomic E-state index is -0.731. The first kappa shape index (κ1) is 20.7. The highest BCUT2D eigenvalue weighted by Crippen LogP contribution is 2.30. The van der Waals surface area contributed by atoms with E-state index in [9.17, 15) is 4.79 Å². The maximum absolute atomic E-state index is 10.6. The van der Waals surface area contributed by atoms with Crippen LogP contribution in [0.1, 0.15) is 31.2 Å². The average Bonchev–Trinajstić information content (AvgIpc) is 3.18. The van der Waals surface area contributed by atoms with E-state index >= 15 is 0 Å². The Labute approximate surface area is 174 Å². The van der Waals surface area contributed by atoms with Crippen molar-refractivity contribution < 1.29 is 9.90 Å². The van der Waals surface area contributed by atoms with Crippen LogP contribution in [0, 0.1) is 6.92 Å². The largest absolute Gasteiger partial charge is 0.481 e. The van der Waals surface area contributed by atoms with Crippen LogP contribution in [-0.4, -0.2) is 39.6 Å². The molecule has 0 aliphatic heterocycles. The van der Waals surface area contributed by atoms with Crippen molar-refractivity contribution in [2.45, 2.75) is 32.6 Å². The van der Waals surface area contributed by atoms with E-state index in [4.69, 9.17) is 5.11 Å². The highest BCUT2D eigenvalue weighted by molar-refractivity contribution is 7.18. The highest BCUT2D eigenvalue weighted by Gasteiger charge is 2.10. The Hall–Kier alpha value is -3.00. The number of nitrogens with one attached hydrogen (secondary N) is 1. The molecule has 0 aliphatic rings. The molecule has 152 valence electrons. The van der Waals surface area contributed by atoms with E-state index in [0.29, 0.717) is 6.42 Å². The van der Waals surface area contributed by atoms with Gasteiger partial charge < -0.3 is 15.3 Å². The molecular weight excluding hydrogens is 386 g/mol. The summed E-state index contributed by atoms with van der Waals surface area (Å²) in [7, 11) is 2.01. The van der Waals surface area contributed by atoms with Gasteiger partial charge in [-0.2, -0.15) is 0 Å². The maximum atomic E-state index is 10.6. The number of aliphatic carboxylic acids is 1. The molecule has 0 aliphatic carbocycles. The van der Waals surface area contributed by atoms with E-state index in [2.05, 4.69) is 25.2 Å². The van der Waals surface area contributed by atoms with Gasteiger partial charge >= 0.3 is 5.97 Å². The van der Waals surface area contributed by atoms with Crippen LogP contribution in [-0.2, 0) is 4.79 Å². The highest BCUT2D eigenvalue weighted by atomic mass is 32.1. The number of hydrogen-bond acceptors (Lipinski definition) is 7. The molecule has 0 saturated carbocycles. The van der Waals surface area contributed by atoms with Gasteiger partial charge in [-0.1, -0.05) is 23.8 Å². The molecule has 3 heterocycles. The molecule has 0 unspecified atom stereocenters. The lowest BCUT2D eigenvalue weighted by Crippen LogP contribution is -2.18. The van der Waals surface area contributed by atoms with Gasteiger partial charge in [0.05, 0.1) is 10.6 Å². The third-order valence-electron chi connectivity index (χ3n) is 4.38. The second-order valence-electron chi connectivity index (χ2n) is 6.88. The molecule has 2 N–H and O–H groups in total. The maximum Gasteiger partial charge on any atom is 0.303 e. The molecule has 0 fully saturated rings. The average molecular weight is 412 g/mol. The van der Waals surface area contributed by atoms with Crippen molar-refractivity contribution in [3.05, 3.63) is 48.3 Å². The van der Waals surface area contributed by atoms with Gasteiger partial charge in [-0.25, -0.2) is 15.0 Å². The molecule has 3 rings (SSSR count). The summed E-state index contributed by atoms with van der Waals surface area (Å²) in [6.07, 6.45) is 6.41. The van der Waals surface area contributed by atoms with Gasteiger partial charge in [-0.15, -0.1) is 0 Å². The molecular formula is C21H25N5O2S. The number of thiazole rings is 1. The van der Waals surface area contributed by atoms with Gasteiger partial charge in [-0.3, -0.25) is 4.79 Å². The molecule has 0 spiro atoms. The first-order valence-electron chi connectivity index (χ1n) is 9.57. The van der Waals surface area contributed by atoms with Crippen molar-refractivity contribution in [2.24, 2.45) is 0 Å². The van der Waals surface area contributed by atoms with Crippen LogP contribution in [0.15, 0.2) is 42.7 Å². The Kier molecular flexibility index (Phi) is 7.13. The van der Waals surface area contributed by atoms with Crippen LogP contribution in [0.3, 0.4) is 0 Å². The number of carbonyl (C=O) groups is 1. The molecule has 0 amide bonds. The second kappa shape index (κ2) is 9.97. The number of hydrogen-bond donors (Lipinski definition) is 2. The number of carboxylic acid groups (broad SMARTS) is 1. The summed E-state index contributed by atoms with van der Waals surface area (Å²) in [6, 6.07) is 9.78. The summed E-state index contributed by atoms with van der Waals surface area (Å²) in [6.45, 7) is 2.87. The van der Waals surface area contributed by atoms with Crippen LogP contribution in [0.2, 0.25) is 0 Å². The molecule has 3 aromatic rings. The van der Waals surface area contributed by atoms with E-state index in [0.717, 1.165) is 52.3 Å². The van der Waals surface area contributed by atoms with E-state index in [1.54, 1.807) is 17.5 Å². The predicted molar refractivity (Wildman–Crippen MR) is 117 cm³/mol. The van der Waals surface area contributed by atoms with E-state index in [1.807, 2.05) is 50.5 Å². The van der Waals surface area contributed by atoms with Gasteiger partial charge in [-0.05, 0) is 49.6 Å². The van der Waals surface area contributed by atoms with Crippen molar-refractivity contribution in [1.29, 1.82) is 0 Å². The Morgan fingerprint density at radius 2 is 2.03 bits per heavy atom. The van der Waals surface area contributed by atoms with E-state index < -0.39 is 5.97 Å². The summed E-state index contributed by atoms with van der Waals surface area (Å²) in [4.78, 5) is 27.2. The Balaban J connectivity index is 1.60. The van der Waals surface area contributed by atoms with Crippen molar-refractivity contribution in [1.82, 2.24) is 15.0 Å². The summed E-state index contributed by atoms with van der Waals surface area (Å²) >= 11 is 1.60. The zero-order valence-corrected chi connectivity index (χ0v) is 17.4. The zero-order valence-electron chi connectivity index (χ0n) is 16.6. The quantitative estimate of drug-likeness (QED) is 0.466. The smallest absolute Gasteiger partial charge is 0.303 e. The van der Waals surface area contributed by atoms with Crippen molar-refractivity contribution >= 4 is 34.1 Å². The van der Waals surface area contributed by atoms with Crippen LogP contribution >= 0.6 is 11.3 Å². The van der Waals surface area contributed by atoms with Crippen molar-refractivity contribution in [2.75, 3.05) is 23.8 Å². The Morgan fingerprint density at radius 1 is 1.17 bits per heavy atom. The lowest BCUT2D eigenvalue weighted by atomic mass is 10.2. The molecule has 0 radical (unpaired) electrons. The van der Waals surface area contributed by atoms with Gasteiger partial charge in [0.15, 0.2) is 5.13 Å². The first-order valence-corrected chi connectivity index (χ1v) is 10.4. The van der Waals surface area contributed by atoms with Crippen LogP contribution in [0.5, 0.6) is 0 Å². The number of rotatable bonds is 10. The third kappa shape index (κ3) is 6.25. The minimum Gasteiger partial charge on any atom is -0.481 e. The van der Waals surface area contributed by atoms with Crippen molar-refractivity contribution in [3.8, 4) is 10.6 Å². The lowest BCUT2D eigenvalue weighted by Gasteiger charge is -2.15. The van der Waals surface area contributed by atoms with Gasteiger partial charge in [0.25, 0.3) is 0 Å². The van der Waals surface area contributed by atoms with Crippen LogP contribution in [0.4, 0.5) is 16.8 Å². The minimum absolute atomic E-state index is 0.235. The van der Waals surface area contributed by atoms with Crippen LogP contribution in [0.25, 0.3) is 10.6 Å². The Morgan fingerprint density at radius 3 is 2.83 bits per heavy atom. The standard InChI is InChI=1S/C21H25N5O2S/c1-15-10-11-22-19(13-15)25-18-8-6-7-16(24-18)17-14-23-21(29-17)26(2)12-5-3-4-9-20(27)28/h6-8,10-11,13-14H,3-5,9,12H2,1-2H3,(H,27,28)(H,22,24,25). The fourth-order valence-electron chi connectivity index (χ4n) is 2.83. The molecule has 0 saturated heterocycles. The zero-order chi connectivity index (χ0) is 20.6. The van der Waals surface area contributed by atoms with Gasteiger partial charge in [0, 0.05) is 32.4 Å². The number of anilines is 3. The third-order valence-corrected chi connectivity index (χ3v) is 5.51. The number of aromatic nitrogens is 3. The summed E-state index contributed by atoms with van der Waals surface area (Å²) in [5.74, 6) is 0.773. The molecule has 3 aromatic heterocycles. The normalized spacial score (nSPS) is 10.7. The predicted octanol–water partition coefficient (Wildman–Crippen LogP) is 4.73. The summed E-state index contributed by atoms with van der Waals surface area (Å²) < 4.78 is 0. The molecule has 8 heteroatoms. The first-order chi connectivity index (χ1) is 14.0. The lowest BCUT2D eigenvalue weighted by molar-refractivity contribution is -0.137. The molecule has 7 nitrogen and oxygen atoms in total. The fourth-order valence-corrected chi connectivity index (χ4v) is 3.71. The van der Waals surface area contributed by atoms with Crippen LogP contribution < -0.4 is 10.2 Å². The fraction of sp³-hybridized carbons (Fsp3) is 0.333. The molecule has 0 aromatic carbocycles. The van der Waals surface area contributed by atoms with E-state index in [-0.39, 0.29) is 6.42 Å². The SMILES string of the molecule is Cc1ccnc(Nc2cccc(-c3cnc(N(C)CCCCCC(=O)O)s3)n2)c1.